The number of nitrogens with zero attached hydrogens (tertiary/aromatic N) is 10. The lowest BCUT2D eigenvalue weighted by Crippen LogP contribution is -2.53. The van der Waals surface area contributed by atoms with E-state index in [9.17, 15) is 9.65 Å². The lowest BCUT2D eigenvalue weighted by atomic mass is 10.0. The van der Waals surface area contributed by atoms with Crippen LogP contribution in [0.5, 0.6) is 0 Å². The molecular formula is C38H36FN11. The Balaban J connectivity index is 0.967. The van der Waals surface area contributed by atoms with Crippen molar-refractivity contribution in [2.75, 3.05) is 49.9 Å². The summed E-state index contributed by atoms with van der Waals surface area (Å²) in [6.07, 6.45) is 5.45. The fraction of sp³-hybridized carbons (Fsp3) is 0.263. The van der Waals surface area contributed by atoms with Crippen molar-refractivity contribution in [1.29, 1.82) is 5.26 Å². The predicted octanol–water partition coefficient (Wildman–Crippen LogP) is 5.32. The molecule has 0 saturated carbocycles. The van der Waals surface area contributed by atoms with Gasteiger partial charge in [0.15, 0.2) is 11.5 Å². The first-order chi connectivity index (χ1) is 24.5. The smallest absolute Gasteiger partial charge is 0.226 e. The Labute approximate surface area is 289 Å². The minimum absolute atomic E-state index is 0.327. The summed E-state index contributed by atoms with van der Waals surface area (Å²) in [6.45, 7) is 6.75. The Bertz CT molecular complexity index is 2180. The Hall–Kier alpha value is -5.77. The highest BCUT2D eigenvalue weighted by molar-refractivity contribution is 5.84. The number of nitrogens with two attached hydrogens (primary N) is 1. The van der Waals surface area contributed by atoms with E-state index in [1.807, 2.05) is 22.8 Å². The van der Waals surface area contributed by atoms with Gasteiger partial charge in [-0.05, 0) is 73.0 Å². The summed E-state index contributed by atoms with van der Waals surface area (Å²) in [5.74, 6) is 1.33. The maximum absolute atomic E-state index is 14.8. The first-order valence-corrected chi connectivity index (χ1v) is 16.9. The summed E-state index contributed by atoms with van der Waals surface area (Å²) in [4.78, 5) is 30.2. The fourth-order valence-corrected chi connectivity index (χ4v) is 7.10. The summed E-state index contributed by atoms with van der Waals surface area (Å²) in [7, 11) is 0. The largest absolute Gasteiger partial charge is 0.383 e. The zero-order chi connectivity index (χ0) is 34.0. The van der Waals surface area contributed by atoms with Gasteiger partial charge in [-0.15, -0.1) is 0 Å². The van der Waals surface area contributed by atoms with Gasteiger partial charge in [-0.1, -0.05) is 24.3 Å². The van der Waals surface area contributed by atoms with E-state index < -0.39 is 0 Å². The minimum atomic E-state index is -0.327. The molecule has 0 amide bonds. The number of pyridine rings is 2. The number of rotatable bonds is 7. The number of hydrogen-bond acceptors (Lipinski definition) is 10. The average Bonchev–Trinajstić information content (AvgIpc) is 3.54. The average molecular weight is 666 g/mol. The number of aromatic nitrogens is 6. The molecule has 50 heavy (non-hydrogen) atoms. The molecule has 2 aliphatic rings. The van der Waals surface area contributed by atoms with Crippen molar-refractivity contribution in [3.05, 3.63) is 108 Å². The van der Waals surface area contributed by atoms with Gasteiger partial charge in [0.2, 0.25) is 5.95 Å². The van der Waals surface area contributed by atoms with Gasteiger partial charge in [-0.2, -0.15) is 5.26 Å². The second-order valence-corrected chi connectivity index (χ2v) is 12.8. The van der Waals surface area contributed by atoms with Gasteiger partial charge in [0.1, 0.15) is 28.9 Å². The second kappa shape index (κ2) is 13.6. The number of nitrogen functional groups attached to an aromatic ring is 1. The van der Waals surface area contributed by atoms with Gasteiger partial charge in [0, 0.05) is 75.5 Å². The van der Waals surface area contributed by atoms with E-state index in [1.165, 1.54) is 11.6 Å². The first kappa shape index (κ1) is 31.5. The molecule has 0 aliphatic carbocycles. The van der Waals surface area contributed by atoms with Crippen molar-refractivity contribution < 1.29 is 4.39 Å². The van der Waals surface area contributed by atoms with E-state index in [0.29, 0.717) is 57.3 Å². The lowest BCUT2D eigenvalue weighted by Gasteiger charge is -2.42. The molecule has 0 radical (unpaired) electrons. The number of piperazine rings is 1. The molecule has 12 heteroatoms. The number of imidazole rings is 1. The minimum Gasteiger partial charge on any atom is -0.383 e. The Morgan fingerprint density at radius 1 is 0.780 bits per heavy atom. The van der Waals surface area contributed by atoms with Crippen molar-refractivity contribution >= 4 is 22.9 Å². The number of hydrogen-bond donors (Lipinski definition) is 1. The monoisotopic (exact) mass is 665 g/mol. The number of piperidine rings is 1. The van der Waals surface area contributed by atoms with Crippen molar-refractivity contribution in [2.45, 2.75) is 25.4 Å². The first-order valence-electron chi connectivity index (χ1n) is 16.9. The molecule has 2 N–H and O–H groups in total. The van der Waals surface area contributed by atoms with Crippen LogP contribution in [0.3, 0.4) is 0 Å². The summed E-state index contributed by atoms with van der Waals surface area (Å²) in [6, 6.07) is 26.9. The number of anilines is 2. The van der Waals surface area contributed by atoms with Gasteiger partial charge in [0.25, 0.3) is 0 Å². The zero-order valence-corrected chi connectivity index (χ0v) is 27.5. The van der Waals surface area contributed by atoms with Gasteiger partial charge in [0.05, 0.1) is 11.3 Å². The summed E-state index contributed by atoms with van der Waals surface area (Å²) in [5.41, 5.74) is 11.8. The van der Waals surface area contributed by atoms with E-state index in [2.05, 4.69) is 60.0 Å². The quantitative estimate of drug-likeness (QED) is 0.239. The van der Waals surface area contributed by atoms with E-state index in [4.69, 9.17) is 15.7 Å². The molecule has 11 nitrogen and oxygen atoms in total. The Morgan fingerprint density at radius 3 is 2.32 bits per heavy atom. The third kappa shape index (κ3) is 6.24. The molecule has 2 aliphatic heterocycles. The predicted molar refractivity (Wildman–Crippen MR) is 191 cm³/mol. The molecule has 0 spiro atoms. The van der Waals surface area contributed by atoms with Crippen LogP contribution < -0.4 is 10.6 Å². The number of halogens is 1. The molecule has 0 unspecified atom stereocenters. The van der Waals surface area contributed by atoms with Crippen molar-refractivity contribution in [2.24, 2.45) is 0 Å². The number of nitriles is 1. The third-order valence-electron chi connectivity index (χ3n) is 9.76. The zero-order valence-electron chi connectivity index (χ0n) is 27.5. The molecule has 8 rings (SSSR count). The van der Waals surface area contributed by atoms with Gasteiger partial charge in [-0.25, -0.2) is 29.3 Å². The standard InChI is InChI=1S/C38H36FN11/c39-32-6-2-1-4-30(32)33-11-12-34-37(45-33)50(36(46-34)31-5-3-16-42-35(31)41)29-9-7-26(8-10-29)25-47-20-22-48(23-21-47)28-14-18-49(19-15-28)38-43-17-13-27(24-40)44-38/h1-13,16-17,28H,14-15,18-23,25H2,(H2,41,42). The molecule has 0 bridgehead atoms. The molecule has 4 aromatic heterocycles. The van der Waals surface area contributed by atoms with Crippen LogP contribution in [0.15, 0.2) is 91.3 Å². The molecule has 2 fully saturated rings. The van der Waals surface area contributed by atoms with E-state index in [-0.39, 0.29) is 5.82 Å². The van der Waals surface area contributed by atoms with Crippen LogP contribution >= 0.6 is 0 Å². The van der Waals surface area contributed by atoms with Crippen molar-refractivity contribution in [1.82, 2.24) is 39.3 Å². The Morgan fingerprint density at radius 2 is 1.56 bits per heavy atom. The SMILES string of the molecule is N#Cc1ccnc(N2CCC(N3CCN(Cc4ccc(-n5c(-c6cccnc6N)nc6ccc(-c7ccccc7F)nc65)cc4)CC3)CC2)n1. The van der Waals surface area contributed by atoms with Gasteiger partial charge in [-0.3, -0.25) is 14.4 Å². The maximum atomic E-state index is 14.8. The normalized spacial score (nSPS) is 16.1. The lowest BCUT2D eigenvalue weighted by molar-refractivity contribution is 0.0810. The summed E-state index contributed by atoms with van der Waals surface area (Å²) >= 11 is 0. The molecular weight excluding hydrogens is 629 g/mol. The molecule has 250 valence electrons. The van der Waals surface area contributed by atoms with Crippen LogP contribution in [0.4, 0.5) is 16.2 Å². The highest BCUT2D eigenvalue weighted by atomic mass is 19.1. The third-order valence-corrected chi connectivity index (χ3v) is 9.76. The summed E-state index contributed by atoms with van der Waals surface area (Å²) in [5, 5.41) is 9.19. The maximum Gasteiger partial charge on any atom is 0.226 e. The van der Waals surface area contributed by atoms with E-state index in [0.717, 1.165) is 64.3 Å². The van der Waals surface area contributed by atoms with Crippen molar-refractivity contribution in [3.8, 4) is 34.4 Å². The number of benzene rings is 2. The second-order valence-electron chi connectivity index (χ2n) is 12.8. The van der Waals surface area contributed by atoms with Crippen LogP contribution in [0.25, 0.3) is 39.5 Å². The van der Waals surface area contributed by atoms with Crippen LogP contribution in [-0.2, 0) is 6.54 Å². The highest BCUT2D eigenvalue weighted by Gasteiger charge is 2.28. The Kier molecular flexibility index (Phi) is 8.58. The molecule has 6 aromatic rings. The topological polar surface area (TPSA) is 129 Å². The van der Waals surface area contributed by atoms with Crippen LogP contribution in [0.1, 0.15) is 24.1 Å². The highest BCUT2D eigenvalue weighted by Crippen LogP contribution is 2.32. The molecule has 2 aromatic carbocycles. The molecule has 0 atom stereocenters. The van der Waals surface area contributed by atoms with Gasteiger partial charge >= 0.3 is 0 Å². The van der Waals surface area contributed by atoms with Crippen LogP contribution in [0.2, 0.25) is 0 Å². The molecule has 6 heterocycles. The van der Waals surface area contributed by atoms with Crippen molar-refractivity contribution in [3.63, 3.8) is 0 Å². The fourth-order valence-electron chi connectivity index (χ4n) is 7.10. The van der Waals surface area contributed by atoms with Crippen LogP contribution in [-0.4, -0.2) is 84.6 Å². The summed E-state index contributed by atoms with van der Waals surface area (Å²) < 4.78 is 16.7. The van der Waals surface area contributed by atoms with Gasteiger partial charge < -0.3 is 10.6 Å². The van der Waals surface area contributed by atoms with E-state index >= 15 is 0 Å². The van der Waals surface area contributed by atoms with E-state index in [1.54, 1.807) is 42.7 Å². The molecule has 2 saturated heterocycles. The number of fused-ring (bicyclic) bond motifs is 1. The van der Waals surface area contributed by atoms with Crippen LogP contribution in [0, 0.1) is 17.1 Å².